The molecule has 0 saturated heterocycles. The molecule has 1 unspecified atom stereocenters. The fraction of sp³-hybridized carbons (Fsp3) is 0.636. The Labute approximate surface area is 155 Å². The summed E-state index contributed by atoms with van der Waals surface area (Å²) < 4.78 is 4.97. The van der Waals surface area contributed by atoms with E-state index in [2.05, 4.69) is 0 Å². The number of rotatable bonds is 2. The smallest absolute Gasteiger partial charge is 0.309 e. The predicted molar refractivity (Wildman–Crippen MR) is 101 cm³/mol. The van der Waals surface area contributed by atoms with E-state index in [0.717, 1.165) is 24.1 Å². The van der Waals surface area contributed by atoms with Crippen LogP contribution in [0.5, 0.6) is 0 Å². The Hall–Kier alpha value is -1.84. The molecule has 1 atom stereocenters. The Bertz CT molecular complexity index is 684. The van der Waals surface area contributed by atoms with E-state index in [4.69, 9.17) is 4.74 Å². The number of nitrogens with zero attached hydrogens (tertiary/aromatic N) is 1. The maximum Gasteiger partial charge on any atom is 0.309 e. The summed E-state index contributed by atoms with van der Waals surface area (Å²) in [4.78, 5) is 27.3. The maximum absolute atomic E-state index is 13.3. The van der Waals surface area contributed by atoms with Crippen LogP contribution in [0.25, 0.3) is 0 Å². The van der Waals surface area contributed by atoms with Gasteiger partial charge in [-0.25, -0.2) is 0 Å². The lowest BCUT2D eigenvalue weighted by atomic mass is 9.55. The van der Waals surface area contributed by atoms with Crippen molar-refractivity contribution in [3.63, 3.8) is 0 Å². The van der Waals surface area contributed by atoms with E-state index in [1.165, 1.54) is 39.2 Å². The van der Waals surface area contributed by atoms with Crippen LogP contribution in [0.3, 0.4) is 0 Å². The van der Waals surface area contributed by atoms with Crippen LogP contribution in [0.15, 0.2) is 24.3 Å². The van der Waals surface area contributed by atoms with Crippen molar-refractivity contribution in [3.8, 4) is 0 Å². The zero-order valence-corrected chi connectivity index (χ0v) is 15.7. The van der Waals surface area contributed by atoms with E-state index < -0.39 is 0 Å². The molecule has 26 heavy (non-hydrogen) atoms. The average Bonchev–Trinajstić information content (AvgIpc) is 2.85. The molecule has 2 fully saturated rings. The van der Waals surface area contributed by atoms with Crippen molar-refractivity contribution in [1.29, 1.82) is 0 Å². The van der Waals surface area contributed by atoms with Gasteiger partial charge in [-0.2, -0.15) is 0 Å². The highest BCUT2D eigenvalue weighted by molar-refractivity contribution is 5.96. The molecule has 1 heterocycles. The van der Waals surface area contributed by atoms with Gasteiger partial charge in [0.1, 0.15) is 0 Å². The molecule has 1 aromatic carbocycles. The van der Waals surface area contributed by atoms with Crippen molar-refractivity contribution in [1.82, 2.24) is 0 Å². The number of carbonyl (C=O) groups excluding carboxylic acids is 2. The Balaban J connectivity index is 1.51. The third-order valence-electron chi connectivity index (χ3n) is 6.87. The number of hydrogen-bond acceptors (Lipinski definition) is 3. The Kier molecular flexibility index (Phi) is 4.76. The van der Waals surface area contributed by atoms with Gasteiger partial charge in [0.25, 0.3) is 0 Å². The largest absolute Gasteiger partial charge is 0.469 e. The first-order chi connectivity index (χ1) is 12.6. The van der Waals surface area contributed by atoms with Gasteiger partial charge in [-0.1, -0.05) is 37.5 Å². The summed E-state index contributed by atoms with van der Waals surface area (Å²) in [6.07, 6.45) is 10.1. The van der Waals surface area contributed by atoms with Crippen LogP contribution in [-0.4, -0.2) is 25.5 Å². The predicted octanol–water partition coefficient (Wildman–Crippen LogP) is 4.12. The zero-order valence-electron chi connectivity index (χ0n) is 15.7. The van der Waals surface area contributed by atoms with Crippen LogP contribution >= 0.6 is 0 Å². The molecule has 4 rings (SSSR count). The van der Waals surface area contributed by atoms with Gasteiger partial charge in [-0.3, -0.25) is 9.59 Å². The first-order valence-corrected chi connectivity index (χ1v) is 10.1. The first kappa shape index (κ1) is 17.6. The van der Waals surface area contributed by atoms with Gasteiger partial charge in [0, 0.05) is 18.2 Å². The molecule has 4 nitrogen and oxygen atoms in total. The summed E-state index contributed by atoms with van der Waals surface area (Å²) in [5.41, 5.74) is 2.53. The minimum Gasteiger partial charge on any atom is -0.469 e. The quantitative estimate of drug-likeness (QED) is 0.750. The van der Waals surface area contributed by atoms with Gasteiger partial charge >= 0.3 is 5.97 Å². The van der Waals surface area contributed by atoms with Crippen LogP contribution in [-0.2, 0) is 20.7 Å². The lowest BCUT2D eigenvalue weighted by Crippen LogP contribution is -2.48. The van der Waals surface area contributed by atoms with E-state index >= 15 is 0 Å². The van der Waals surface area contributed by atoms with Gasteiger partial charge in [0.2, 0.25) is 5.91 Å². The average molecular weight is 355 g/mol. The molecular formula is C22H29NO3. The lowest BCUT2D eigenvalue weighted by molar-refractivity contribution is -0.145. The monoisotopic (exact) mass is 355 g/mol. The van der Waals surface area contributed by atoms with Gasteiger partial charge in [-0.15, -0.1) is 0 Å². The van der Waals surface area contributed by atoms with Crippen LogP contribution in [0.1, 0.15) is 56.9 Å². The van der Waals surface area contributed by atoms with Crippen LogP contribution in [0.4, 0.5) is 5.69 Å². The van der Waals surface area contributed by atoms with E-state index in [1.54, 1.807) is 0 Å². The summed E-state index contributed by atoms with van der Waals surface area (Å²) in [7, 11) is 1.44. The van der Waals surface area contributed by atoms with Crippen LogP contribution in [0, 0.1) is 17.3 Å². The highest BCUT2D eigenvalue weighted by Gasteiger charge is 2.48. The second-order valence-corrected chi connectivity index (χ2v) is 8.50. The van der Waals surface area contributed by atoms with Crippen molar-refractivity contribution in [2.24, 2.45) is 17.3 Å². The van der Waals surface area contributed by atoms with E-state index in [1.807, 2.05) is 29.2 Å². The minimum absolute atomic E-state index is 0.162. The highest BCUT2D eigenvalue weighted by Crippen LogP contribution is 2.55. The Morgan fingerprint density at radius 2 is 1.81 bits per heavy atom. The fourth-order valence-corrected chi connectivity index (χ4v) is 5.41. The molecule has 1 spiro atoms. The molecule has 2 aliphatic carbocycles. The number of esters is 1. The minimum atomic E-state index is -0.168. The first-order valence-electron chi connectivity index (χ1n) is 10.1. The van der Waals surface area contributed by atoms with Crippen molar-refractivity contribution < 1.29 is 14.3 Å². The van der Waals surface area contributed by atoms with E-state index in [9.17, 15) is 9.59 Å². The number of anilines is 1. The van der Waals surface area contributed by atoms with Gasteiger partial charge < -0.3 is 9.64 Å². The summed E-state index contributed by atoms with van der Waals surface area (Å²) in [6.45, 7) is 0.610. The Morgan fingerprint density at radius 1 is 1.08 bits per heavy atom. The van der Waals surface area contributed by atoms with E-state index in [0.29, 0.717) is 24.8 Å². The maximum atomic E-state index is 13.3. The Morgan fingerprint density at radius 3 is 2.54 bits per heavy atom. The SMILES string of the molecule is COC(=O)C1CCN(C(=O)C2CC3(CCCCC3)C2)c2ccccc2C1. The van der Waals surface area contributed by atoms with Gasteiger partial charge in [0.05, 0.1) is 13.0 Å². The molecular weight excluding hydrogens is 326 g/mol. The van der Waals surface area contributed by atoms with Crippen molar-refractivity contribution in [2.45, 2.75) is 57.8 Å². The van der Waals surface area contributed by atoms with Crippen LogP contribution in [0.2, 0.25) is 0 Å². The summed E-state index contributed by atoms with van der Waals surface area (Å²) >= 11 is 0. The molecule has 0 aromatic heterocycles. The highest BCUT2D eigenvalue weighted by atomic mass is 16.5. The molecule has 1 amide bonds. The number of hydrogen-bond donors (Lipinski definition) is 0. The molecule has 0 radical (unpaired) electrons. The molecule has 0 bridgehead atoms. The van der Waals surface area contributed by atoms with Gasteiger partial charge in [-0.05, 0) is 55.6 Å². The molecule has 1 aliphatic heterocycles. The number of para-hydroxylation sites is 1. The number of fused-ring (bicyclic) bond motifs is 1. The third kappa shape index (κ3) is 3.15. The van der Waals surface area contributed by atoms with E-state index in [-0.39, 0.29) is 23.7 Å². The van der Waals surface area contributed by atoms with Crippen LogP contribution < -0.4 is 4.90 Å². The van der Waals surface area contributed by atoms with Crippen molar-refractivity contribution >= 4 is 17.6 Å². The summed E-state index contributed by atoms with van der Waals surface area (Å²) in [6, 6.07) is 8.05. The van der Waals surface area contributed by atoms with Gasteiger partial charge in [0.15, 0.2) is 0 Å². The number of methoxy groups -OCH3 is 1. The fourth-order valence-electron chi connectivity index (χ4n) is 5.41. The lowest BCUT2D eigenvalue weighted by Gasteiger charge is -2.50. The third-order valence-corrected chi connectivity index (χ3v) is 6.87. The second-order valence-electron chi connectivity index (χ2n) is 8.50. The molecule has 0 N–H and O–H groups in total. The number of carbonyl (C=O) groups is 2. The normalized spacial score (nSPS) is 25.1. The number of benzene rings is 1. The summed E-state index contributed by atoms with van der Waals surface area (Å²) in [5, 5.41) is 0. The zero-order chi connectivity index (χ0) is 18.1. The number of ether oxygens (including phenoxy) is 1. The van der Waals surface area contributed by atoms with Crippen molar-refractivity contribution in [2.75, 3.05) is 18.6 Å². The molecule has 1 aromatic rings. The second kappa shape index (κ2) is 7.05. The molecule has 4 heteroatoms. The standard InChI is InChI=1S/C22H29NO3/c1-26-21(25)17-9-12-23(19-8-4-3-7-16(19)13-17)20(24)18-14-22(15-18)10-5-2-6-11-22/h3-4,7-8,17-18H,2,5-6,9-15H2,1H3. The van der Waals surface area contributed by atoms with Crippen molar-refractivity contribution in [3.05, 3.63) is 29.8 Å². The molecule has 140 valence electrons. The topological polar surface area (TPSA) is 46.6 Å². The summed E-state index contributed by atoms with van der Waals surface area (Å²) in [5.74, 6) is 0.0962. The molecule has 3 aliphatic rings. The number of amides is 1. The molecule has 2 saturated carbocycles.